The van der Waals surface area contributed by atoms with Gasteiger partial charge in [-0.15, -0.1) is 0 Å². The second kappa shape index (κ2) is 7.19. The molecule has 5 rings (SSSR count). The van der Waals surface area contributed by atoms with E-state index in [1.807, 2.05) is 36.4 Å². The maximum atomic E-state index is 12.5. The van der Waals surface area contributed by atoms with Crippen LogP contribution in [-0.2, 0) is 6.54 Å². The normalized spacial score (nSPS) is 13.2. The highest BCUT2D eigenvalue weighted by atomic mass is 16.7. The fourth-order valence-corrected chi connectivity index (χ4v) is 3.00. The Morgan fingerprint density at radius 1 is 0.862 bits per heavy atom. The van der Waals surface area contributed by atoms with Gasteiger partial charge >= 0.3 is 0 Å². The van der Waals surface area contributed by atoms with Gasteiger partial charge in [0.15, 0.2) is 23.0 Å². The predicted octanol–water partition coefficient (Wildman–Crippen LogP) is 2.61. The summed E-state index contributed by atoms with van der Waals surface area (Å²) in [6.45, 7) is 0.760. The number of nitrogens with one attached hydrogen (secondary N) is 2. The van der Waals surface area contributed by atoms with Crippen molar-refractivity contribution in [2.75, 3.05) is 18.9 Å². The summed E-state index contributed by atoms with van der Waals surface area (Å²) in [7, 11) is 0. The Kier molecular flexibility index (Phi) is 4.24. The first-order valence-electron chi connectivity index (χ1n) is 8.90. The van der Waals surface area contributed by atoms with Crippen LogP contribution in [0.2, 0.25) is 0 Å². The number of benzene rings is 2. The van der Waals surface area contributed by atoms with Gasteiger partial charge in [-0.1, -0.05) is 6.07 Å². The molecule has 0 unspecified atom stereocenters. The zero-order valence-electron chi connectivity index (χ0n) is 15.2. The topological polar surface area (TPSA) is 104 Å². The number of rotatable bonds is 5. The number of ether oxygens (including phenoxy) is 4. The summed E-state index contributed by atoms with van der Waals surface area (Å²) >= 11 is 0. The lowest BCUT2D eigenvalue weighted by atomic mass is 10.2. The van der Waals surface area contributed by atoms with E-state index in [1.165, 1.54) is 6.33 Å². The van der Waals surface area contributed by atoms with Gasteiger partial charge in [0.1, 0.15) is 17.8 Å². The molecule has 2 aliphatic heterocycles. The SMILES string of the molecule is O=C(NCc1ccc2c(c1)OCO2)c1cc(Nc2ccc3c(c2)OCO3)ncn1. The largest absolute Gasteiger partial charge is 0.454 e. The van der Waals surface area contributed by atoms with Crippen molar-refractivity contribution in [1.29, 1.82) is 0 Å². The number of carbonyl (C=O) groups excluding carboxylic acids is 1. The fraction of sp³-hybridized carbons (Fsp3) is 0.150. The monoisotopic (exact) mass is 392 g/mol. The third-order valence-electron chi connectivity index (χ3n) is 4.43. The van der Waals surface area contributed by atoms with Gasteiger partial charge in [-0.05, 0) is 29.8 Å². The molecule has 9 heteroatoms. The highest BCUT2D eigenvalue weighted by molar-refractivity contribution is 5.93. The van der Waals surface area contributed by atoms with Crippen LogP contribution in [-0.4, -0.2) is 29.5 Å². The number of aromatic nitrogens is 2. The molecule has 3 heterocycles. The van der Waals surface area contributed by atoms with Crippen LogP contribution in [0.5, 0.6) is 23.0 Å². The van der Waals surface area contributed by atoms with Crippen LogP contribution in [0.15, 0.2) is 48.8 Å². The fourth-order valence-electron chi connectivity index (χ4n) is 3.00. The first-order chi connectivity index (χ1) is 14.2. The van der Waals surface area contributed by atoms with Crippen LogP contribution >= 0.6 is 0 Å². The third kappa shape index (κ3) is 3.57. The Bertz CT molecular complexity index is 1090. The summed E-state index contributed by atoms with van der Waals surface area (Å²) in [6.07, 6.45) is 1.34. The number of anilines is 2. The van der Waals surface area contributed by atoms with Gasteiger partial charge in [0.25, 0.3) is 5.91 Å². The molecule has 9 nitrogen and oxygen atoms in total. The van der Waals surface area contributed by atoms with Gasteiger partial charge in [-0.25, -0.2) is 9.97 Å². The molecule has 0 saturated heterocycles. The van der Waals surface area contributed by atoms with Crippen LogP contribution in [0, 0.1) is 0 Å². The molecule has 2 aromatic carbocycles. The lowest BCUT2D eigenvalue weighted by molar-refractivity contribution is 0.0945. The predicted molar refractivity (Wildman–Crippen MR) is 102 cm³/mol. The van der Waals surface area contributed by atoms with Crippen LogP contribution in [0.1, 0.15) is 16.1 Å². The Hall–Kier alpha value is -4.01. The molecular formula is C20H16N4O5. The van der Waals surface area contributed by atoms with Crippen molar-refractivity contribution in [3.05, 3.63) is 60.0 Å². The summed E-state index contributed by atoms with van der Waals surface area (Å²) in [5.74, 6) is 2.92. The molecule has 0 bridgehead atoms. The zero-order valence-corrected chi connectivity index (χ0v) is 15.2. The van der Waals surface area contributed by atoms with Gasteiger partial charge in [-0.3, -0.25) is 4.79 Å². The minimum absolute atomic E-state index is 0.208. The molecule has 0 fully saturated rings. The van der Waals surface area contributed by atoms with Gasteiger partial charge in [0.2, 0.25) is 13.6 Å². The molecule has 2 N–H and O–H groups in total. The summed E-state index contributed by atoms with van der Waals surface area (Å²) in [4.78, 5) is 20.7. The average molecular weight is 392 g/mol. The Balaban J connectivity index is 1.25. The van der Waals surface area contributed by atoms with Crippen LogP contribution in [0.4, 0.5) is 11.5 Å². The molecule has 0 aliphatic carbocycles. The van der Waals surface area contributed by atoms with Crippen LogP contribution in [0.25, 0.3) is 0 Å². The maximum Gasteiger partial charge on any atom is 0.270 e. The van der Waals surface area contributed by atoms with E-state index in [0.717, 1.165) is 11.3 Å². The van der Waals surface area contributed by atoms with Crippen molar-refractivity contribution in [3.8, 4) is 23.0 Å². The number of fused-ring (bicyclic) bond motifs is 2. The summed E-state index contributed by atoms with van der Waals surface area (Å²) in [5, 5.41) is 5.98. The highest BCUT2D eigenvalue weighted by Crippen LogP contribution is 2.35. The number of carbonyl (C=O) groups is 1. The molecular weight excluding hydrogens is 376 g/mol. The number of amides is 1. The van der Waals surface area contributed by atoms with Crippen LogP contribution in [0.3, 0.4) is 0 Å². The lowest BCUT2D eigenvalue weighted by Crippen LogP contribution is -2.24. The van der Waals surface area contributed by atoms with Crippen molar-refractivity contribution >= 4 is 17.4 Å². The molecule has 0 atom stereocenters. The number of hydrogen-bond acceptors (Lipinski definition) is 8. The smallest absolute Gasteiger partial charge is 0.270 e. The Morgan fingerprint density at radius 3 is 2.41 bits per heavy atom. The minimum atomic E-state index is -0.307. The third-order valence-corrected chi connectivity index (χ3v) is 4.43. The van der Waals surface area contributed by atoms with E-state index >= 15 is 0 Å². The van der Waals surface area contributed by atoms with E-state index in [0.29, 0.717) is 35.4 Å². The molecule has 0 saturated carbocycles. The van der Waals surface area contributed by atoms with Crippen molar-refractivity contribution in [2.24, 2.45) is 0 Å². The van der Waals surface area contributed by atoms with E-state index < -0.39 is 0 Å². The summed E-state index contributed by atoms with van der Waals surface area (Å²) in [6, 6.07) is 12.6. The molecule has 0 radical (unpaired) electrons. The van der Waals surface area contributed by atoms with Gasteiger partial charge in [0.05, 0.1) is 0 Å². The number of nitrogens with zero attached hydrogens (tertiary/aromatic N) is 2. The molecule has 1 amide bonds. The second-order valence-corrected chi connectivity index (χ2v) is 6.35. The summed E-state index contributed by atoms with van der Waals surface area (Å²) in [5.41, 5.74) is 1.92. The first kappa shape index (κ1) is 17.1. The van der Waals surface area contributed by atoms with Crippen molar-refractivity contribution in [2.45, 2.75) is 6.54 Å². The molecule has 3 aromatic rings. The quantitative estimate of drug-likeness (QED) is 0.683. The van der Waals surface area contributed by atoms with E-state index in [9.17, 15) is 4.79 Å². The molecule has 29 heavy (non-hydrogen) atoms. The van der Waals surface area contributed by atoms with Gasteiger partial charge in [-0.2, -0.15) is 0 Å². The van der Waals surface area contributed by atoms with Crippen molar-refractivity contribution in [1.82, 2.24) is 15.3 Å². The van der Waals surface area contributed by atoms with Crippen LogP contribution < -0.4 is 29.6 Å². The van der Waals surface area contributed by atoms with Gasteiger partial charge in [0, 0.05) is 24.4 Å². The second-order valence-electron chi connectivity index (χ2n) is 6.35. The average Bonchev–Trinajstić information content (AvgIpc) is 3.40. The van der Waals surface area contributed by atoms with Gasteiger partial charge < -0.3 is 29.6 Å². The first-order valence-corrected chi connectivity index (χ1v) is 8.90. The number of hydrogen-bond donors (Lipinski definition) is 2. The van der Waals surface area contributed by atoms with Crippen molar-refractivity contribution < 1.29 is 23.7 Å². The Labute approximate surface area is 165 Å². The molecule has 146 valence electrons. The zero-order chi connectivity index (χ0) is 19.6. The van der Waals surface area contributed by atoms with Crippen molar-refractivity contribution in [3.63, 3.8) is 0 Å². The van der Waals surface area contributed by atoms with E-state index in [4.69, 9.17) is 18.9 Å². The lowest BCUT2D eigenvalue weighted by Gasteiger charge is -2.09. The molecule has 1 aromatic heterocycles. The van der Waals surface area contributed by atoms with E-state index in [1.54, 1.807) is 6.07 Å². The standard InChI is InChI=1S/C20H16N4O5/c25-20(21-8-12-1-3-15-17(5-12)28-10-26-15)14-7-19(23-9-22-14)24-13-2-4-16-18(6-13)29-11-27-16/h1-7,9H,8,10-11H2,(H,21,25)(H,22,23,24). The molecule has 2 aliphatic rings. The van der Waals surface area contributed by atoms with E-state index in [-0.39, 0.29) is 25.2 Å². The highest BCUT2D eigenvalue weighted by Gasteiger charge is 2.15. The molecule has 0 spiro atoms. The Morgan fingerprint density at radius 2 is 1.59 bits per heavy atom. The maximum absolute atomic E-state index is 12.5. The minimum Gasteiger partial charge on any atom is -0.454 e. The van der Waals surface area contributed by atoms with E-state index in [2.05, 4.69) is 20.6 Å². The summed E-state index contributed by atoms with van der Waals surface area (Å²) < 4.78 is 21.3.